The summed E-state index contributed by atoms with van der Waals surface area (Å²) in [6.45, 7) is 6.92. The second-order valence-electron chi connectivity index (χ2n) is 8.67. The summed E-state index contributed by atoms with van der Waals surface area (Å²) < 4.78 is 0. The molecule has 4 rings (SSSR count). The van der Waals surface area contributed by atoms with E-state index in [0.717, 1.165) is 38.3 Å². The number of benzene rings is 1. The smallest absolute Gasteiger partial charge is 0.227 e. The second kappa shape index (κ2) is 10.2. The third-order valence-electron chi connectivity index (χ3n) is 6.50. The molecule has 2 aliphatic rings. The Morgan fingerprint density at radius 1 is 1.28 bits per heavy atom. The number of likely N-dealkylation sites (tertiary alicyclic amines) is 1. The van der Waals surface area contributed by atoms with E-state index in [9.17, 15) is 10.4 Å². The highest BCUT2D eigenvalue weighted by molar-refractivity contribution is 6.35. The Morgan fingerprint density at radius 2 is 2.09 bits per heavy atom. The van der Waals surface area contributed by atoms with E-state index in [-0.39, 0.29) is 12.6 Å². The average Bonchev–Trinajstić information content (AvgIpc) is 2.73. The molecule has 3 heterocycles. The van der Waals surface area contributed by atoms with Crippen molar-refractivity contribution < 1.29 is 5.11 Å². The summed E-state index contributed by atoms with van der Waals surface area (Å²) in [6.07, 6.45) is 4.01. The number of nitriles is 1. The number of aromatic nitrogens is 2. The standard InChI is InChI=1S/C23H28Cl2N6O/c1-15(20-5-4-19(24)9-21(20)25)28-22-17(10-26)11-27-23(29-22)31-13-18(14-31)16-3-2-6-30(12-16)7-8-32/h4-5,9,11,15-16,18,32H,2-3,6-8,12-14H2,1H3,(H,27,28,29)/t15-,16+/m1/s1. The zero-order valence-corrected chi connectivity index (χ0v) is 19.6. The maximum absolute atomic E-state index is 9.52. The maximum atomic E-state index is 9.52. The molecule has 1 aromatic heterocycles. The van der Waals surface area contributed by atoms with Crippen LogP contribution in [0, 0.1) is 23.2 Å². The van der Waals surface area contributed by atoms with Crippen LogP contribution in [0.15, 0.2) is 24.4 Å². The molecular formula is C23H28Cl2N6O. The Bertz CT molecular complexity index is 989. The molecule has 0 spiro atoms. The zero-order chi connectivity index (χ0) is 22.7. The van der Waals surface area contributed by atoms with Gasteiger partial charge in [0.15, 0.2) is 0 Å². The number of halogens is 2. The molecule has 0 aliphatic carbocycles. The van der Waals surface area contributed by atoms with Crippen molar-refractivity contribution in [1.82, 2.24) is 14.9 Å². The third-order valence-corrected chi connectivity index (χ3v) is 7.06. The van der Waals surface area contributed by atoms with Crippen molar-refractivity contribution in [1.29, 1.82) is 5.26 Å². The van der Waals surface area contributed by atoms with Gasteiger partial charge in [-0.3, -0.25) is 0 Å². The molecule has 2 atom stereocenters. The molecule has 9 heteroatoms. The Morgan fingerprint density at radius 3 is 2.81 bits per heavy atom. The van der Waals surface area contributed by atoms with Gasteiger partial charge in [-0.15, -0.1) is 0 Å². The van der Waals surface area contributed by atoms with E-state index in [2.05, 4.69) is 31.2 Å². The lowest BCUT2D eigenvalue weighted by Crippen LogP contribution is -2.54. The van der Waals surface area contributed by atoms with Gasteiger partial charge in [0.25, 0.3) is 0 Å². The SMILES string of the molecule is C[C@@H](Nc1nc(N2CC([C@H]3CCCN(CCO)C3)C2)ncc1C#N)c1ccc(Cl)cc1Cl. The number of nitrogens with zero attached hydrogens (tertiary/aromatic N) is 5. The molecule has 32 heavy (non-hydrogen) atoms. The molecule has 0 unspecified atom stereocenters. The highest BCUT2D eigenvalue weighted by atomic mass is 35.5. The summed E-state index contributed by atoms with van der Waals surface area (Å²) in [6, 6.07) is 7.40. The first-order chi connectivity index (χ1) is 15.5. The Labute approximate surface area is 199 Å². The molecule has 1 aromatic carbocycles. The molecule has 7 nitrogen and oxygen atoms in total. The quantitative estimate of drug-likeness (QED) is 0.627. The summed E-state index contributed by atoms with van der Waals surface area (Å²) in [7, 11) is 0. The van der Waals surface area contributed by atoms with Gasteiger partial charge in [0.2, 0.25) is 5.95 Å². The number of nitrogens with one attached hydrogen (secondary N) is 1. The highest BCUT2D eigenvalue weighted by Crippen LogP contribution is 2.34. The van der Waals surface area contributed by atoms with Gasteiger partial charge in [-0.1, -0.05) is 29.3 Å². The predicted octanol–water partition coefficient (Wildman–Crippen LogP) is 3.97. The molecule has 0 amide bonds. The first-order valence-electron chi connectivity index (χ1n) is 11.0. The van der Waals surface area contributed by atoms with Crippen molar-refractivity contribution in [2.45, 2.75) is 25.8 Å². The zero-order valence-electron chi connectivity index (χ0n) is 18.1. The lowest BCUT2D eigenvalue weighted by molar-refractivity contribution is 0.101. The monoisotopic (exact) mass is 474 g/mol. The number of aliphatic hydroxyl groups excluding tert-OH is 1. The van der Waals surface area contributed by atoms with Gasteiger partial charge in [-0.05, 0) is 55.8 Å². The molecule has 2 saturated heterocycles. The van der Waals surface area contributed by atoms with E-state index in [1.165, 1.54) is 12.8 Å². The fourth-order valence-electron chi connectivity index (χ4n) is 4.65. The normalized spacial score (nSPS) is 20.5. The number of anilines is 2. The van der Waals surface area contributed by atoms with Crippen molar-refractivity contribution in [3.63, 3.8) is 0 Å². The molecule has 2 N–H and O–H groups in total. The molecule has 0 bridgehead atoms. The van der Waals surface area contributed by atoms with Gasteiger partial charge in [0, 0.05) is 36.2 Å². The van der Waals surface area contributed by atoms with E-state index in [1.54, 1.807) is 18.3 Å². The summed E-state index contributed by atoms with van der Waals surface area (Å²) in [5, 5.41) is 23.2. The summed E-state index contributed by atoms with van der Waals surface area (Å²) >= 11 is 12.4. The van der Waals surface area contributed by atoms with Crippen LogP contribution in [0.25, 0.3) is 0 Å². The van der Waals surface area contributed by atoms with Crippen LogP contribution in [-0.4, -0.2) is 59.3 Å². The van der Waals surface area contributed by atoms with Crippen LogP contribution >= 0.6 is 23.2 Å². The summed E-state index contributed by atoms with van der Waals surface area (Å²) in [5.74, 6) is 2.40. The van der Waals surface area contributed by atoms with E-state index >= 15 is 0 Å². The van der Waals surface area contributed by atoms with Gasteiger partial charge in [-0.25, -0.2) is 4.98 Å². The first-order valence-corrected chi connectivity index (χ1v) is 11.8. The van der Waals surface area contributed by atoms with Crippen molar-refractivity contribution in [3.05, 3.63) is 45.6 Å². The van der Waals surface area contributed by atoms with Gasteiger partial charge in [0.05, 0.1) is 18.8 Å². The lowest BCUT2D eigenvalue weighted by Gasteiger charge is -2.46. The molecule has 2 aromatic rings. The van der Waals surface area contributed by atoms with Crippen molar-refractivity contribution in [2.75, 3.05) is 49.5 Å². The van der Waals surface area contributed by atoms with Gasteiger partial charge >= 0.3 is 0 Å². The minimum atomic E-state index is -0.154. The Kier molecular flexibility index (Phi) is 7.37. The first kappa shape index (κ1) is 23.1. The van der Waals surface area contributed by atoms with E-state index in [4.69, 9.17) is 23.2 Å². The van der Waals surface area contributed by atoms with Gasteiger partial charge < -0.3 is 20.2 Å². The van der Waals surface area contributed by atoms with E-state index < -0.39 is 0 Å². The van der Waals surface area contributed by atoms with Crippen LogP contribution in [-0.2, 0) is 0 Å². The lowest BCUT2D eigenvalue weighted by atomic mass is 9.81. The fourth-order valence-corrected chi connectivity index (χ4v) is 5.22. The third kappa shape index (κ3) is 5.10. The number of hydrogen-bond acceptors (Lipinski definition) is 7. The van der Waals surface area contributed by atoms with Crippen molar-refractivity contribution in [2.24, 2.45) is 11.8 Å². The van der Waals surface area contributed by atoms with Crippen LogP contribution in [0.2, 0.25) is 10.0 Å². The number of hydrogen-bond donors (Lipinski definition) is 2. The highest BCUT2D eigenvalue weighted by Gasteiger charge is 2.37. The molecule has 2 aliphatic heterocycles. The average molecular weight is 475 g/mol. The number of aliphatic hydroxyl groups is 1. The molecule has 2 fully saturated rings. The second-order valence-corrected chi connectivity index (χ2v) is 9.51. The Hall–Kier alpha value is -2.11. The van der Waals surface area contributed by atoms with Crippen LogP contribution < -0.4 is 10.2 Å². The number of rotatable bonds is 7. The largest absolute Gasteiger partial charge is 0.395 e. The van der Waals surface area contributed by atoms with Crippen LogP contribution in [0.4, 0.5) is 11.8 Å². The van der Waals surface area contributed by atoms with E-state index in [0.29, 0.717) is 39.2 Å². The van der Waals surface area contributed by atoms with Gasteiger partial charge in [0.1, 0.15) is 17.5 Å². The van der Waals surface area contributed by atoms with Crippen molar-refractivity contribution >= 4 is 35.0 Å². The van der Waals surface area contributed by atoms with Crippen LogP contribution in [0.5, 0.6) is 0 Å². The minimum Gasteiger partial charge on any atom is -0.395 e. The van der Waals surface area contributed by atoms with Crippen molar-refractivity contribution in [3.8, 4) is 6.07 Å². The van der Waals surface area contributed by atoms with Crippen LogP contribution in [0.3, 0.4) is 0 Å². The maximum Gasteiger partial charge on any atom is 0.227 e. The topological polar surface area (TPSA) is 88.3 Å². The molecule has 170 valence electrons. The summed E-state index contributed by atoms with van der Waals surface area (Å²) in [4.78, 5) is 13.6. The number of piperidine rings is 1. The number of β-amino-alcohol motifs (C(OH)–C–C–N with tert-alkyl or cyclic N) is 1. The van der Waals surface area contributed by atoms with Gasteiger partial charge in [-0.2, -0.15) is 10.2 Å². The predicted molar refractivity (Wildman–Crippen MR) is 127 cm³/mol. The van der Waals surface area contributed by atoms with Crippen LogP contribution in [0.1, 0.15) is 36.9 Å². The fraction of sp³-hybridized carbons (Fsp3) is 0.522. The molecular weight excluding hydrogens is 447 g/mol. The molecule has 0 saturated carbocycles. The van der Waals surface area contributed by atoms with E-state index in [1.807, 2.05) is 13.0 Å². The Balaban J connectivity index is 1.42. The molecule has 0 radical (unpaired) electrons. The summed E-state index contributed by atoms with van der Waals surface area (Å²) in [5.41, 5.74) is 1.28. The minimum absolute atomic E-state index is 0.154.